The molecule has 3 rings (SSSR count). The highest BCUT2D eigenvalue weighted by molar-refractivity contribution is 7.80. The minimum absolute atomic E-state index is 0.0818. The van der Waals surface area contributed by atoms with Crippen molar-refractivity contribution in [3.63, 3.8) is 0 Å². The number of carbonyl (C=O) groups excluding carboxylic acids is 1. The molecule has 0 saturated heterocycles. The van der Waals surface area contributed by atoms with E-state index in [4.69, 9.17) is 18.0 Å². The predicted molar refractivity (Wildman–Crippen MR) is 84.2 cm³/mol. The molecule has 3 nitrogen and oxygen atoms in total. The Morgan fingerprint density at radius 3 is 2.50 bits per heavy atom. The van der Waals surface area contributed by atoms with Gasteiger partial charge in [0.15, 0.2) is 0 Å². The summed E-state index contributed by atoms with van der Waals surface area (Å²) in [6.07, 6.45) is 7.06. The topological polar surface area (TPSA) is 55.1 Å². The quantitative estimate of drug-likeness (QED) is 0.784. The number of carbonyl (C=O) groups is 1. The molecule has 0 aliphatic heterocycles. The van der Waals surface area contributed by atoms with E-state index in [1.807, 2.05) is 0 Å². The summed E-state index contributed by atoms with van der Waals surface area (Å²) in [7, 11) is 0. The highest BCUT2D eigenvalue weighted by Gasteiger charge is 2.52. The second-order valence-corrected chi connectivity index (χ2v) is 8.00. The van der Waals surface area contributed by atoms with Crippen LogP contribution in [0.3, 0.4) is 0 Å². The standard InChI is InChI=1S/C16H26N2OS/c1-9-7-16(8-9,14(17)20)15(19)18-10(2)13-6-11-3-4-12(13)5-11/h9-13H,3-8H2,1-2H3,(H2,17,20)(H,18,19). The Morgan fingerprint density at radius 1 is 1.35 bits per heavy atom. The zero-order chi connectivity index (χ0) is 14.5. The zero-order valence-corrected chi connectivity index (χ0v) is 13.3. The highest BCUT2D eigenvalue weighted by Crippen LogP contribution is 2.50. The van der Waals surface area contributed by atoms with Gasteiger partial charge in [0.2, 0.25) is 5.91 Å². The molecule has 0 heterocycles. The van der Waals surface area contributed by atoms with Crippen LogP contribution in [0.15, 0.2) is 0 Å². The van der Waals surface area contributed by atoms with Gasteiger partial charge in [-0.15, -0.1) is 0 Å². The zero-order valence-electron chi connectivity index (χ0n) is 12.5. The molecule has 4 atom stereocenters. The molecule has 0 aromatic heterocycles. The van der Waals surface area contributed by atoms with Gasteiger partial charge in [0.05, 0.1) is 10.4 Å². The molecular formula is C16H26N2OS. The van der Waals surface area contributed by atoms with E-state index in [1.165, 1.54) is 25.7 Å². The van der Waals surface area contributed by atoms with Crippen LogP contribution in [-0.4, -0.2) is 16.9 Å². The predicted octanol–water partition coefficient (Wildman–Crippen LogP) is 2.63. The average Bonchev–Trinajstić information content (AvgIpc) is 2.95. The first-order valence-corrected chi connectivity index (χ1v) is 8.44. The van der Waals surface area contributed by atoms with Gasteiger partial charge in [0.25, 0.3) is 0 Å². The van der Waals surface area contributed by atoms with Gasteiger partial charge in [-0.05, 0) is 62.7 Å². The summed E-state index contributed by atoms with van der Waals surface area (Å²) in [5.41, 5.74) is 5.30. The first kappa shape index (κ1) is 14.3. The lowest BCUT2D eigenvalue weighted by molar-refractivity contribution is -0.134. The van der Waals surface area contributed by atoms with Crippen molar-refractivity contribution in [1.82, 2.24) is 5.32 Å². The van der Waals surface area contributed by atoms with Crippen molar-refractivity contribution in [1.29, 1.82) is 0 Å². The number of amides is 1. The van der Waals surface area contributed by atoms with Crippen LogP contribution in [0.2, 0.25) is 0 Å². The Kier molecular flexibility index (Phi) is 3.56. The largest absolute Gasteiger partial charge is 0.392 e. The lowest BCUT2D eigenvalue weighted by Gasteiger charge is -2.45. The molecule has 2 bridgehead atoms. The van der Waals surface area contributed by atoms with E-state index in [0.29, 0.717) is 16.8 Å². The lowest BCUT2D eigenvalue weighted by atomic mass is 9.61. The van der Waals surface area contributed by atoms with Gasteiger partial charge in [0, 0.05) is 6.04 Å². The monoisotopic (exact) mass is 294 g/mol. The third-order valence-electron chi connectivity index (χ3n) is 6.09. The fraction of sp³-hybridized carbons (Fsp3) is 0.875. The Hall–Kier alpha value is -0.640. The molecule has 3 saturated carbocycles. The summed E-state index contributed by atoms with van der Waals surface area (Å²) in [6, 6.07) is 0.264. The summed E-state index contributed by atoms with van der Waals surface area (Å²) < 4.78 is 0. The minimum atomic E-state index is -0.555. The van der Waals surface area contributed by atoms with Gasteiger partial charge in [-0.3, -0.25) is 4.79 Å². The molecule has 112 valence electrons. The van der Waals surface area contributed by atoms with Crippen LogP contribution in [0.1, 0.15) is 52.4 Å². The van der Waals surface area contributed by atoms with Gasteiger partial charge in [0.1, 0.15) is 0 Å². The van der Waals surface area contributed by atoms with Crippen LogP contribution >= 0.6 is 12.2 Å². The first-order chi connectivity index (χ1) is 9.42. The molecule has 0 aromatic carbocycles. The second kappa shape index (κ2) is 4.97. The van der Waals surface area contributed by atoms with Crippen molar-refractivity contribution in [2.75, 3.05) is 0 Å². The molecule has 1 amide bonds. The van der Waals surface area contributed by atoms with Gasteiger partial charge >= 0.3 is 0 Å². The van der Waals surface area contributed by atoms with E-state index in [9.17, 15) is 4.79 Å². The number of nitrogens with two attached hydrogens (primary N) is 1. The second-order valence-electron chi connectivity index (χ2n) is 7.56. The average molecular weight is 294 g/mol. The maximum absolute atomic E-state index is 12.6. The van der Waals surface area contributed by atoms with Crippen molar-refractivity contribution in [3.05, 3.63) is 0 Å². The van der Waals surface area contributed by atoms with Crippen LogP contribution in [0.4, 0.5) is 0 Å². The lowest BCUT2D eigenvalue weighted by Crippen LogP contribution is -2.58. The van der Waals surface area contributed by atoms with Gasteiger partial charge in [-0.1, -0.05) is 25.6 Å². The fourth-order valence-corrected chi connectivity index (χ4v) is 5.25. The Labute approximate surface area is 127 Å². The molecule has 0 radical (unpaired) electrons. The molecule has 3 aliphatic rings. The number of rotatable bonds is 4. The summed E-state index contributed by atoms with van der Waals surface area (Å²) in [6.45, 7) is 4.32. The van der Waals surface area contributed by atoms with Crippen LogP contribution in [0, 0.1) is 29.1 Å². The number of hydrogen-bond donors (Lipinski definition) is 2. The highest BCUT2D eigenvalue weighted by atomic mass is 32.1. The number of hydrogen-bond acceptors (Lipinski definition) is 2. The van der Waals surface area contributed by atoms with E-state index in [2.05, 4.69) is 19.2 Å². The van der Waals surface area contributed by atoms with E-state index >= 15 is 0 Å². The third-order valence-corrected chi connectivity index (χ3v) is 6.48. The first-order valence-electron chi connectivity index (χ1n) is 8.03. The van der Waals surface area contributed by atoms with E-state index < -0.39 is 5.41 Å². The Morgan fingerprint density at radius 2 is 2.05 bits per heavy atom. The van der Waals surface area contributed by atoms with Crippen LogP contribution in [0.25, 0.3) is 0 Å². The molecule has 0 spiro atoms. The van der Waals surface area contributed by atoms with Crippen molar-refractivity contribution in [3.8, 4) is 0 Å². The molecule has 4 heteroatoms. The third kappa shape index (κ3) is 2.16. The van der Waals surface area contributed by atoms with Crippen molar-refractivity contribution in [2.45, 2.75) is 58.4 Å². The van der Waals surface area contributed by atoms with Crippen LogP contribution in [0.5, 0.6) is 0 Å². The summed E-state index contributed by atoms with van der Waals surface area (Å²) in [5, 5.41) is 3.24. The maximum atomic E-state index is 12.6. The normalized spacial score (nSPS) is 43.9. The summed E-state index contributed by atoms with van der Waals surface area (Å²) in [5.74, 6) is 3.05. The van der Waals surface area contributed by atoms with Crippen LogP contribution in [-0.2, 0) is 4.79 Å². The maximum Gasteiger partial charge on any atom is 0.233 e. The number of thiocarbonyl (C=S) groups is 1. The molecule has 3 fully saturated rings. The van der Waals surface area contributed by atoms with Crippen LogP contribution < -0.4 is 11.1 Å². The van der Waals surface area contributed by atoms with Crippen molar-refractivity contribution >= 4 is 23.1 Å². The Bertz CT molecular complexity index is 430. The van der Waals surface area contributed by atoms with Gasteiger partial charge in [-0.25, -0.2) is 0 Å². The van der Waals surface area contributed by atoms with Gasteiger partial charge < -0.3 is 11.1 Å². The SMILES string of the molecule is CC1CC(C(=O)NC(C)C2CC3CCC2C3)(C(N)=S)C1. The molecular weight excluding hydrogens is 268 g/mol. The summed E-state index contributed by atoms with van der Waals surface area (Å²) in [4.78, 5) is 13.0. The molecule has 0 aromatic rings. The van der Waals surface area contributed by atoms with Crippen molar-refractivity contribution in [2.24, 2.45) is 34.8 Å². The molecule has 20 heavy (non-hydrogen) atoms. The summed E-state index contributed by atoms with van der Waals surface area (Å²) >= 11 is 5.17. The van der Waals surface area contributed by atoms with Gasteiger partial charge in [-0.2, -0.15) is 0 Å². The molecule has 3 N–H and O–H groups in total. The van der Waals surface area contributed by atoms with Crippen molar-refractivity contribution < 1.29 is 4.79 Å². The fourth-order valence-electron chi connectivity index (χ4n) is 4.99. The van der Waals surface area contributed by atoms with E-state index in [-0.39, 0.29) is 11.9 Å². The molecule has 4 unspecified atom stereocenters. The smallest absolute Gasteiger partial charge is 0.233 e. The van der Waals surface area contributed by atoms with E-state index in [1.54, 1.807) is 0 Å². The Balaban J connectivity index is 1.62. The minimum Gasteiger partial charge on any atom is -0.392 e. The number of fused-ring (bicyclic) bond motifs is 2. The number of nitrogens with one attached hydrogen (secondary N) is 1. The molecule has 3 aliphatic carbocycles. The van der Waals surface area contributed by atoms with E-state index in [0.717, 1.165) is 24.7 Å².